The summed E-state index contributed by atoms with van der Waals surface area (Å²) in [6.07, 6.45) is 9.66. The Labute approximate surface area is 152 Å². The van der Waals surface area contributed by atoms with Crippen LogP contribution in [0.2, 0.25) is 0 Å². The predicted octanol–water partition coefficient (Wildman–Crippen LogP) is 3.77. The molecule has 0 fully saturated rings. The molecule has 0 spiro atoms. The van der Waals surface area contributed by atoms with Crippen LogP contribution in [0.15, 0.2) is 42.6 Å². The van der Waals surface area contributed by atoms with Crippen molar-refractivity contribution in [1.29, 1.82) is 0 Å². The summed E-state index contributed by atoms with van der Waals surface area (Å²) >= 11 is 0. The number of hydrogen-bond donors (Lipinski definition) is 2. The first-order chi connectivity index (χ1) is 12.7. The average Bonchev–Trinajstić information content (AvgIpc) is 3.17. The Hall–Kier alpha value is -3.02. The highest BCUT2D eigenvalue weighted by Crippen LogP contribution is 2.28. The van der Waals surface area contributed by atoms with Gasteiger partial charge in [-0.25, -0.2) is 15.0 Å². The number of Topliss-reactive ketones (excluding diaryl/α,β-unsaturated/α-hetero) is 1. The third-order valence-corrected chi connectivity index (χ3v) is 4.38. The molecule has 4 rings (SSSR count). The number of fused-ring (bicyclic) bond motifs is 3. The zero-order chi connectivity index (χ0) is 18.7. The predicted molar refractivity (Wildman–Crippen MR) is 104 cm³/mol. The van der Waals surface area contributed by atoms with Crippen LogP contribution in [-0.4, -0.2) is 31.8 Å². The van der Waals surface area contributed by atoms with Gasteiger partial charge in [-0.15, -0.1) is 0 Å². The van der Waals surface area contributed by atoms with E-state index in [1.165, 1.54) is 6.33 Å². The smallest absolute Gasteiger partial charge is 0.180 e. The van der Waals surface area contributed by atoms with Gasteiger partial charge in [-0.1, -0.05) is 26.8 Å². The van der Waals surface area contributed by atoms with E-state index in [0.29, 0.717) is 12.1 Å². The third kappa shape index (κ3) is 3.10. The number of imidazole rings is 1. The van der Waals surface area contributed by atoms with Crippen LogP contribution in [0, 0.1) is 0 Å². The molecule has 0 radical (unpaired) electrons. The second kappa shape index (κ2) is 7.47. The summed E-state index contributed by atoms with van der Waals surface area (Å²) < 4.78 is 0. The summed E-state index contributed by atoms with van der Waals surface area (Å²) in [5.74, 6) is 0.188. The molecule has 2 N–H and O–H groups in total. The third-order valence-electron chi connectivity index (χ3n) is 4.38. The van der Waals surface area contributed by atoms with E-state index in [0.717, 1.165) is 33.1 Å². The number of rotatable bonds is 3. The molecule has 4 heterocycles. The Bertz CT molecular complexity index is 1020. The molecule has 0 amide bonds. The number of allylic oxidation sites excluding steroid dienone is 2. The normalized spacial score (nSPS) is 16.4. The van der Waals surface area contributed by atoms with Crippen molar-refractivity contribution in [3.63, 3.8) is 0 Å². The monoisotopic (exact) mass is 349 g/mol. The molecular weight excluding hydrogens is 326 g/mol. The van der Waals surface area contributed by atoms with Crippen LogP contribution in [0.1, 0.15) is 39.8 Å². The maximum absolute atomic E-state index is 11.9. The summed E-state index contributed by atoms with van der Waals surface area (Å²) in [6, 6.07) is 1.81. The van der Waals surface area contributed by atoms with E-state index < -0.39 is 0 Å². The Balaban J connectivity index is 0.000000948. The number of dihydropyridines is 1. The zero-order valence-electron chi connectivity index (χ0n) is 15.5. The van der Waals surface area contributed by atoms with E-state index >= 15 is 0 Å². The van der Waals surface area contributed by atoms with Crippen LogP contribution in [0.4, 0.5) is 0 Å². The number of nitrogens with one attached hydrogen (secondary N) is 2. The van der Waals surface area contributed by atoms with E-state index in [1.807, 2.05) is 58.4 Å². The molecule has 0 saturated heterocycles. The molecule has 1 atom stereocenters. The van der Waals surface area contributed by atoms with Gasteiger partial charge in [0.2, 0.25) is 0 Å². The second-order valence-corrected chi connectivity index (χ2v) is 5.89. The van der Waals surface area contributed by atoms with Crippen molar-refractivity contribution in [2.75, 3.05) is 0 Å². The van der Waals surface area contributed by atoms with Gasteiger partial charge in [-0.05, 0) is 18.6 Å². The number of aromatic amines is 1. The van der Waals surface area contributed by atoms with Crippen molar-refractivity contribution in [3.05, 3.63) is 48.3 Å². The van der Waals surface area contributed by atoms with Gasteiger partial charge in [0.15, 0.2) is 11.4 Å². The number of carbonyl (C=O) groups excluding carboxylic acids is 1. The Morgan fingerprint density at radius 3 is 2.77 bits per heavy atom. The van der Waals surface area contributed by atoms with Gasteiger partial charge in [-0.2, -0.15) is 0 Å². The topological polar surface area (TPSA) is 83.6 Å². The van der Waals surface area contributed by atoms with Crippen molar-refractivity contribution in [2.24, 2.45) is 0 Å². The molecule has 0 saturated carbocycles. The molecule has 26 heavy (non-hydrogen) atoms. The van der Waals surface area contributed by atoms with E-state index in [4.69, 9.17) is 0 Å². The van der Waals surface area contributed by atoms with Crippen LogP contribution in [0.3, 0.4) is 0 Å². The van der Waals surface area contributed by atoms with Crippen LogP contribution in [0.25, 0.3) is 27.5 Å². The minimum atomic E-state index is -0.236. The lowest BCUT2D eigenvalue weighted by Crippen LogP contribution is -2.33. The molecule has 1 aliphatic rings. The zero-order valence-corrected chi connectivity index (χ0v) is 15.5. The largest absolute Gasteiger partial charge is 0.378 e. The van der Waals surface area contributed by atoms with Crippen molar-refractivity contribution >= 4 is 33.3 Å². The van der Waals surface area contributed by atoms with Gasteiger partial charge < -0.3 is 10.3 Å². The highest BCUT2D eigenvalue weighted by molar-refractivity contribution is 6.02. The van der Waals surface area contributed by atoms with Crippen LogP contribution in [-0.2, 0) is 4.79 Å². The lowest BCUT2D eigenvalue weighted by atomic mass is 9.96. The SMILES string of the molecule is CC.CCC(=O)C1C=C(C)C(c2cc3cnc4ncnc4c3c[nH]2)=CN1. The molecule has 0 aliphatic carbocycles. The maximum Gasteiger partial charge on any atom is 0.180 e. The summed E-state index contributed by atoms with van der Waals surface area (Å²) in [4.78, 5) is 27.9. The summed E-state index contributed by atoms with van der Waals surface area (Å²) in [6.45, 7) is 7.90. The first kappa shape index (κ1) is 17.8. The Morgan fingerprint density at radius 1 is 1.23 bits per heavy atom. The van der Waals surface area contributed by atoms with Crippen molar-refractivity contribution < 1.29 is 4.79 Å². The number of hydrogen-bond acceptors (Lipinski definition) is 5. The summed E-state index contributed by atoms with van der Waals surface area (Å²) in [7, 11) is 0. The molecule has 134 valence electrons. The summed E-state index contributed by atoms with van der Waals surface area (Å²) in [5.41, 5.74) is 4.52. The number of ketones is 1. The van der Waals surface area contributed by atoms with Crippen LogP contribution in [0.5, 0.6) is 0 Å². The van der Waals surface area contributed by atoms with Crippen molar-refractivity contribution in [3.8, 4) is 0 Å². The lowest BCUT2D eigenvalue weighted by molar-refractivity contribution is -0.119. The first-order valence-corrected chi connectivity index (χ1v) is 8.93. The van der Waals surface area contributed by atoms with Gasteiger partial charge >= 0.3 is 0 Å². The van der Waals surface area contributed by atoms with E-state index in [2.05, 4.69) is 25.3 Å². The number of aromatic nitrogens is 4. The van der Waals surface area contributed by atoms with Gasteiger partial charge in [0.05, 0.1) is 0 Å². The fourth-order valence-corrected chi connectivity index (χ4v) is 3.02. The van der Waals surface area contributed by atoms with Crippen LogP contribution >= 0.6 is 0 Å². The minimum absolute atomic E-state index is 0.188. The van der Waals surface area contributed by atoms with Crippen molar-refractivity contribution in [1.82, 2.24) is 25.3 Å². The van der Waals surface area contributed by atoms with Gasteiger partial charge in [-0.3, -0.25) is 4.79 Å². The highest BCUT2D eigenvalue weighted by Gasteiger charge is 2.19. The Kier molecular flexibility index (Phi) is 5.11. The molecule has 6 nitrogen and oxygen atoms in total. The first-order valence-electron chi connectivity index (χ1n) is 8.93. The molecular formula is C20H23N5O. The second-order valence-electron chi connectivity index (χ2n) is 5.89. The fourth-order valence-electron chi connectivity index (χ4n) is 3.02. The summed E-state index contributed by atoms with van der Waals surface area (Å²) in [5, 5.41) is 5.17. The lowest BCUT2D eigenvalue weighted by Gasteiger charge is -2.21. The van der Waals surface area contributed by atoms with E-state index in [1.54, 1.807) is 0 Å². The van der Waals surface area contributed by atoms with Crippen molar-refractivity contribution in [2.45, 2.75) is 40.2 Å². The minimum Gasteiger partial charge on any atom is -0.378 e. The number of pyridine rings is 2. The molecule has 3 aromatic heterocycles. The van der Waals surface area contributed by atoms with E-state index in [9.17, 15) is 4.79 Å². The molecule has 0 aromatic carbocycles. The van der Waals surface area contributed by atoms with Gasteiger partial charge in [0.1, 0.15) is 17.9 Å². The number of nitrogens with zero attached hydrogens (tertiary/aromatic N) is 3. The molecule has 1 aliphatic heterocycles. The average molecular weight is 349 g/mol. The number of H-pyrrole nitrogens is 1. The molecule has 0 bridgehead atoms. The van der Waals surface area contributed by atoms with Gasteiger partial charge in [0.25, 0.3) is 0 Å². The van der Waals surface area contributed by atoms with Gasteiger partial charge in [0, 0.05) is 47.1 Å². The van der Waals surface area contributed by atoms with Crippen LogP contribution < -0.4 is 5.32 Å². The molecule has 6 heteroatoms. The highest BCUT2D eigenvalue weighted by atomic mass is 16.1. The fraction of sp³-hybridized carbons (Fsp3) is 0.300. The standard InChI is InChI=1S/C18H17N5O.C2H6/c1-3-16(24)15-4-10(2)12(7-20-15)14-5-11-6-21-18-17(22-9-23-18)13(11)8-19-14;1-2/h4-9,15,19-20H,3H2,1-2H3;1-2H3. The van der Waals surface area contributed by atoms with E-state index in [-0.39, 0.29) is 11.8 Å². The Morgan fingerprint density at radius 2 is 2.04 bits per heavy atom. The maximum atomic E-state index is 11.9. The molecule has 1 unspecified atom stereocenters. The molecule has 3 aromatic rings. The quantitative estimate of drug-likeness (QED) is 0.752. The number of carbonyl (C=O) groups is 1.